The molecule has 2 aromatic heterocycles. The van der Waals surface area contributed by atoms with Crippen LogP contribution in [-0.4, -0.2) is 15.9 Å². The monoisotopic (exact) mass is 354 g/mol. The van der Waals surface area contributed by atoms with E-state index in [1.165, 1.54) is 10.8 Å². The van der Waals surface area contributed by atoms with Gasteiger partial charge in [0.05, 0.1) is 18.0 Å². The zero-order valence-corrected chi connectivity index (χ0v) is 14.6. The third-order valence-corrected chi connectivity index (χ3v) is 5.81. The molecule has 0 radical (unpaired) electrons. The summed E-state index contributed by atoms with van der Waals surface area (Å²) >= 11 is 1.61. The Morgan fingerprint density at radius 2 is 1.88 bits per heavy atom. The SMILES string of the molecule is N#CC1C(c2cccs2)=Nc2[nH]ncc2C1c1cccc2ccccc12. The minimum atomic E-state index is -0.357. The number of hydrogen-bond acceptors (Lipinski definition) is 4. The van der Waals surface area contributed by atoms with Gasteiger partial charge in [0.2, 0.25) is 0 Å². The van der Waals surface area contributed by atoms with Crippen molar-refractivity contribution >= 4 is 33.6 Å². The smallest absolute Gasteiger partial charge is 0.152 e. The van der Waals surface area contributed by atoms with E-state index >= 15 is 0 Å². The van der Waals surface area contributed by atoms with E-state index in [1.807, 2.05) is 29.6 Å². The van der Waals surface area contributed by atoms with E-state index in [9.17, 15) is 5.26 Å². The van der Waals surface area contributed by atoms with Crippen LogP contribution in [0, 0.1) is 17.2 Å². The number of aliphatic imine (C=N–C) groups is 1. The molecule has 124 valence electrons. The fourth-order valence-corrected chi connectivity index (χ4v) is 4.52. The van der Waals surface area contributed by atoms with Gasteiger partial charge in [-0.1, -0.05) is 48.5 Å². The zero-order chi connectivity index (χ0) is 17.5. The Labute approximate surface area is 154 Å². The minimum absolute atomic E-state index is 0.102. The fourth-order valence-electron chi connectivity index (χ4n) is 3.77. The van der Waals surface area contributed by atoms with E-state index < -0.39 is 0 Å². The van der Waals surface area contributed by atoms with Crippen LogP contribution in [0.4, 0.5) is 5.82 Å². The predicted molar refractivity (Wildman–Crippen MR) is 104 cm³/mol. The molecule has 3 heterocycles. The molecule has 2 aromatic carbocycles. The Morgan fingerprint density at radius 1 is 1.00 bits per heavy atom. The largest absolute Gasteiger partial charge is 0.261 e. The highest BCUT2D eigenvalue weighted by Crippen LogP contribution is 2.44. The predicted octanol–water partition coefficient (Wildman–Crippen LogP) is 5.03. The third kappa shape index (κ3) is 2.20. The average Bonchev–Trinajstić information content (AvgIpc) is 3.37. The summed E-state index contributed by atoms with van der Waals surface area (Å²) in [5.74, 6) is 0.289. The van der Waals surface area contributed by atoms with Crippen LogP contribution in [-0.2, 0) is 0 Å². The quantitative estimate of drug-likeness (QED) is 0.548. The van der Waals surface area contributed by atoms with Gasteiger partial charge in [-0.2, -0.15) is 10.4 Å². The van der Waals surface area contributed by atoms with Crippen LogP contribution in [0.1, 0.15) is 21.9 Å². The lowest BCUT2D eigenvalue weighted by molar-refractivity contribution is 0.726. The Morgan fingerprint density at radius 3 is 2.73 bits per heavy atom. The number of H-pyrrole nitrogens is 1. The van der Waals surface area contributed by atoms with Gasteiger partial charge in [-0.15, -0.1) is 11.3 Å². The molecule has 2 atom stereocenters. The van der Waals surface area contributed by atoms with Crippen molar-refractivity contribution < 1.29 is 0 Å². The highest BCUT2D eigenvalue weighted by molar-refractivity contribution is 7.12. The first-order valence-electron chi connectivity index (χ1n) is 8.40. The minimum Gasteiger partial charge on any atom is -0.261 e. The summed E-state index contributed by atoms with van der Waals surface area (Å²) in [4.78, 5) is 5.77. The van der Waals surface area contributed by atoms with Crippen LogP contribution >= 0.6 is 11.3 Å². The van der Waals surface area contributed by atoms with E-state index in [1.54, 1.807) is 17.5 Å². The summed E-state index contributed by atoms with van der Waals surface area (Å²) in [5.41, 5.74) is 2.94. The fraction of sp³-hybridized carbons (Fsp3) is 0.0952. The molecule has 4 nitrogen and oxygen atoms in total. The van der Waals surface area contributed by atoms with Crippen LogP contribution in [0.2, 0.25) is 0 Å². The first-order valence-corrected chi connectivity index (χ1v) is 9.28. The number of thiophene rings is 1. The molecular weight excluding hydrogens is 340 g/mol. The molecule has 0 saturated carbocycles. The first kappa shape index (κ1) is 15.1. The van der Waals surface area contributed by atoms with Gasteiger partial charge >= 0.3 is 0 Å². The summed E-state index contributed by atoms with van der Waals surface area (Å²) in [6.45, 7) is 0. The van der Waals surface area contributed by atoms with Crippen molar-refractivity contribution in [1.29, 1.82) is 5.26 Å². The number of nitriles is 1. The van der Waals surface area contributed by atoms with Crippen molar-refractivity contribution in [2.75, 3.05) is 0 Å². The van der Waals surface area contributed by atoms with Crippen molar-refractivity contribution in [3.63, 3.8) is 0 Å². The Hall–Kier alpha value is -3.23. The van der Waals surface area contributed by atoms with Crippen molar-refractivity contribution in [2.24, 2.45) is 10.9 Å². The van der Waals surface area contributed by atoms with Crippen molar-refractivity contribution in [2.45, 2.75) is 5.92 Å². The summed E-state index contributed by atoms with van der Waals surface area (Å²) in [7, 11) is 0. The number of hydrogen-bond donors (Lipinski definition) is 1. The Balaban J connectivity index is 1.78. The summed E-state index contributed by atoms with van der Waals surface area (Å²) in [6.07, 6.45) is 1.81. The lowest BCUT2D eigenvalue weighted by atomic mass is 9.76. The van der Waals surface area contributed by atoms with Crippen LogP contribution in [0.3, 0.4) is 0 Å². The Kier molecular flexibility index (Phi) is 3.44. The highest BCUT2D eigenvalue weighted by atomic mass is 32.1. The molecule has 1 aliphatic heterocycles. The van der Waals surface area contributed by atoms with Gasteiger partial charge in [-0.25, -0.2) is 4.99 Å². The van der Waals surface area contributed by atoms with Gasteiger partial charge in [-0.05, 0) is 27.8 Å². The van der Waals surface area contributed by atoms with Crippen molar-refractivity contribution in [1.82, 2.24) is 10.2 Å². The first-order chi connectivity index (χ1) is 12.9. The zero-order valence-electron chi connectivity index (χ0n) is 13.8. The molecule has 2 unspecified atom stereocenters. The average molecular weight is 354 g/mol. The van der Waals surface area contributed by atoms with Gasteiger partial charge < -0.3 is 0 Å². The molecule has 26 heavy (non-hydrogen) atoms. The molecule has 5 rings (SSSR count). The normalized spacial score (nSPS) is 19.0. The molecule has 0 bridgehead atoms. The van der Waals surface area contributed by atoms with Crippen LogP contribution < -0.4 is 0 Å². The van der Waals surface area contributed by atoms with Gasteiger partial charge in [0.25, 0.3) is 0 Å². The van der Waals surface area contributed by atoms with Crippen LogP contribution in [0.15, 0.2) is 71.2 Å². The van der Waals surface area contributed by atoms with Crippen molar-refractivity contribution in [3.8, 4) is 6.07 Å². The number of rotatable bonds is 2. The summed E-state index contributed by atoms with van der Waals surface area (Å²) in [5, 5.41) is 21.6. The van der Waals surface area contributed by atoms with Crippen LogP contribution in [0.5, 0.6) is 0 Å². The Bertz CT molecular complexity index is 1160. The summed E-state index contributed by atoms with van der Waals surface area (Å²) in [6, 6.07) is 21.1. The van der Waals surface area contributed by atoms with Crippen LogP contribution in [0.25, 0.3) is 10.8 Å². The highest BCUT2D eigenvalue weighted by Gasteiger charge is 2.37. The number of fused-ring (bicyclic) bond motifs is 2. The summed E-state index contributed by atoms with van der Waals surface area (Å²) < 4.78 is 0. The van der Waals surface area contributed by atoms with E-state index in [0.717, 1.165) is 27.5 Å². The lowest BCUT2D eigenvalue weighted by Gasteiger charge is -2.27. The second-order valence-electron chi connectivity index (χ2n) is 6.30. The number of aromatic amines is 1. The molecule has 0 aliphatic carbocycles. The maximum atomic E-state index is 10.1. The number of nitrogens with zero attached hydrogens (tertiary/aromatic N) is 3. The topological polar surface area (TPSA) is 64.8 Å². The molecule has 4 aromatic rings. The van der Waals surface area contributed by atoms with Crippen molar-refractivity contribution in [3.05, 3.63) is 82.2 Å². The molecule has 0 fully saturated rings. The number of aromatic nitrogens is 2. The van der Waals surface area contributed by atoms with E-state index in [4.69, 9.17) is 4.99 Å². The standard InChI is InChI=1S/C21H14N4S/c22-11-16-19(15-8-3-6-13-5-1-2-7-14(13)15)17-12-23-25-21(17)24-20(16)18-9-4-10-26-18/h1-10,12,16,19H,(H,23,25). The molecule has 0 spiro atoms. The second kappa shape index (κ2) is 5.94. The molecule has 1 N–H and O–H groups in total. The number of nitrogens with one attached hydrogen (secondary N) is 1. The molecule has 1 aliphatic rings. The third-order valence-electron chi connectivity index (χ3n) is 4.91. The number of benzene rings is 2. The van der Waals surface area contributed by atoms with E-state index in [2.05, 4.69) is 46.6 Å². The van der Waals surface area contributed by atoms with Gasteiger partial charge in [0.15, 0.2) is 5.82 Å². The van der Waals surface area contributed by atoms with E-state index in [0.29, 0.717) is 0 Å². The second-order valence-corrected chi connectivity index (χ2v) is 7.25. The molecule has 5 heteroatoms. The lowest BCUT2D eigenvalue weighted by Crippen LogP contribution is -2.25. The molecular formula is C21H14N4S. The van der Waals surface area contributed by atoms with E-state index in [-0.39, 0.29) is 11.8 Å². The van der Waals surface area contributed by atoms with Gasteiger partial charge in [-0.3, -0.25) is 5.10 Å². The van der Waals surface area contributed by atoms with Gasteiger partial charge in [0, 0.05) is 16.4 Å². The maximum Gasteiger partial charge on any atom is 0.152 e. The maximum absolute atomic E-state index is 10.1. The molecule has 0 saturated heterocycles. The van der Waals surface area contributed by atoms with Gasteiger partial charge in [0.1, 0.15) is 5.92 Å². The molecule has 0 amide bonds.